The van der Waals surface area contributed by atoms with Crippen LogP contribution in [0.3, 0.4) is 0 Å². The summed E-state index contributed by atoms with van der Waals surface area (Å²) in [5.41, 5.74) is -1.20. The normalized spacial score (nSPS) is 11.7. The van der Waals surface area contributed by atoms with Gasteiger partial charge in [-0.1, -0.05) is 6.07 Å². The van der Waals surface area contributed by atoms with Gasteiger partial charge in [-0.2, -0.15) is 22.0 Å². The molecular weight excluding hydrogens is 295 g/mol. The number of ether oxygens (including phenoxy) is 1. The molecule has 0 spiro atoms. The van der Waals surface area contributed by atoms with Crippen LogP contribution in [0.4, 0.5) is 22.0 Å². The lowest BCUT2D eigenvalue weighted by Gasteiger charge is -2.13. The minimum absolute atomic E-state index is 0.0704. The molecule has 0 N–H and O–H groups in total. The number of ketones is 1. The number of Topliss-reactive ketones (excluding diaryl/α,β-unsaturated/α-hetero) is 1. The molecule has 19 heavy (non-hydrogen) atoms. The van der Waals surface area contributed by atoms with Crippen LogP contribution in [-0.4, -0.2) is 18.3 Å². The first kappa shape index (κ1) is 15.7. The SMILES string of the molecule is O=C(CCl)Cc1ccc(C(F)(F)F)cc1OC(F)F. The van der Waals surface area contributed by atoms with Crippen molar-refractivity contribution >= 4 is 17.4 Å². The molecule has 0 heterocycles. The second kappa shape index (κ2) is 6.18. The van der Waals surface area contributed by atoms with Crippen molar-refractivity contribution in [3.8, 4) is 5.75 Å². The van der Waals surface area contributed by atoms with Crippen LogP contribution < -0.4 is 4.74 Å². The van der Waals surface area contributed by atoms with Gasteiger partial charge in [-0.05, 0) is 12.1 Å². The number of benzene rings is 1. The molecule has 0 amide bonds. The first-order valence-corrected chi connectivity index (χ1v) is 5.50. The second-order valence-electron chi connectivity index (χ2n) is 3.55. The average Bonchev–Trinajstić information content (AvgIpc) is 2.29. The standard InChI is InChI=1S/C11H8ClF5O2/c12-5-8(18)3-6-1-2-7(11(15,16)17)4-9(6)19-10(13)14/h1-2,4,10H,3,5H2. The Kier molecular flexibility index (Phi) is 5.11. The second-order valence-corrected chi connectivity index (χ2v) is 3.82. The predicted octanol–water partition coefficient (Wildman–Crippen LogP) is 3.66. The molecule has 1 aromatic carbocycles. The van der Waals surface area contributed by atoms with Crippen molar-refractivity contribution in [2.45, 2.75) is 19.2 Å². The van der Waals surface area contributed by atoms with E-state index in [2.05, 4.69) is 4.74 Å². The van der Waals surface area contributed by atoms with Crippen molar-refractivity contribution in [3.05, 3.63) is 29.3 Å². The van der Waals surface area contributed by atoms with Crippen LogP contribution in [0.25, 0.3) is 0 Å². The van der Waals surface area contributed by atoms with E-state index in [9.17, 15) is 26.7 Å². The van der Waals surface area contributed by atoms with Gasteiger partial charge in [0.05, 0.1) is 11.4 Å². The van der Waals surface area contributed by atoms with Crippen LogP contribution in [0.5, 0.6) is 5.75 Å². The summed E-state index contributed by atoms with van der Waals surface area (Å²) >= 11 is 5.25. The molecule has 0 fully saturated rings. The summed E-state index contributed by atoms with van der Waals surface area (Å²) < 4.78 is 65.6. The fourth-order valence-corrected chi connectivity index (χ4v) is 1.44. The minimum atomic E-state index is -4.69. The van der Waals surface area contributed by atoms with Crippen molar-refractivity contribution in [1.29, 1.82) is 0 Å². The highest BCUT2D eigenvalue weighted by Gasteiger charge is 2.31. The van der Waals surface area contributed by atoms with Crippen LogP contribution in [0, 0.1) is 0 Å². The van der Waals surface area contributed by atoms with Gasteiger partial charge in [-0.15, -0.1) is 11.6 Å². The molecule has 1 rings (SSSR count). The van der Waals surface area contributed by atoms with Gasteiger partial charge < -0.3 is 4.74 Å². The number of rotatable bonds is 5. The summed E-state index contributed by atoms with van der Waals surface area (Å²) in [6, 6.07) is 2.04. The summed E-state index contributed by atoms with van der Waals surface area (Å²) in [6.07, 6.45) is -5.06. The van der Waals surface area contributed by atoms with Crippen LogP contribution in [0.15, 0.2) is 18.2 Å². The zero-order chi connectivity index (χ0) is 14.6. The molecule has 0 aromatic heterocycles. The third kappa shape index (κ3) is 4.66. The highest BCUT2D eigenvalue weighted by atomic mass is 35.5. The third-order valence-electron chi connectivity index (χ3n) is 2.15. The van der Waals surface area contributed by atoms with Gasteiger partial charge in [0.15, 0.2) is 5.78 Å². The molecule has 106 valence electrons. The van der Waals surface area contributed by atoms with E-state index in [4.69, 9.17) is 11.6 Å². The monoisotopic (exact) mass is 302 g/mol. The Morgan fingerprint density at radius 2 is 1.95 bits per heavy atom. The summed E-state index contributed by atoms with van der Waals surface area (Å²) in [4.78, 5) is 11.1. The number of carbonyl (C=O) groups excluding carboxylic acids is 1. The quantitative estimate of drug-likeness (QED) is 0.613. The van der Waals surface area contributed by atoms with E-state index in [1.807, 2.05) is 0 Å². The Morgan fingerprint density at radius 1 is 1.32 bits per heavy atom. The molecule has 0 radical (unpaired) electrons. The van der Waals surface area contributed by atoms with Crippen LogP contribution in [0.1, 0.15) is 11.1 Å². The van der Waals surface area contributed by atoms with Crippen molar-refractivity contribution < 1.29 is 31.5 Å². The maximum absolute atomic E-state index is 12.4. The highest BCUT2D eigenvalue weighted by Crippen LogP contribution is 2.33. The number of halogens is 6. The van der Waals surface area contributed by atoms with E-state index in [-0.39, 0.29) is 17.9 Å². The summed E-state index contributed by atoms with van der Waals surface area (Å²) in [5.74, 6) is -1.56. The maximum Gasteiger partial charge on any atom is 0.416 e. The fraction of sp³-hybridized carbons (Fsp3) is 0.364. The lowest BCUT2D eigenvalue weighted by atomic mass is 10.1. The van der Waals surface area contributed by atoms with Crippen molar-refractivity contribution in [2.75, 3.05) is 5.88 Å². The molecule has 0 saturated carbocycles. The molecule has 0 aliphatic rings. The van der Waals surface area contributed by atoms with Crippen molar-refractivity contribution in [2.24, 2.45) is 0 Å². The summed E-state index contributed by atoms with van der Waals surface area (Å²) in [5, 5.41) is 0. The van der Waals surface area contributed by atoms with E-state index < -0.39 is 29.9 Å². The molecule has 0 bridgehead atoms. The lowest BCUT2D eigenvalue weighted by molar-refractivity contribution is -0.138. The Morgan fingerprint density at radius 3 is 2.42 bits per heavy atom. The van der Waals surface area contributed by atoms with Gasteiger partial charge >= 0.3 is 12.8 Å². The number of carbonyl (C=O) groups is 1. The van der Waals surface area contributed by atoms with E-state index in [0.717, 1.165) is 6.07 Å². The molecule has 0 aliphatic carbocycles. The first-order valence-electron chi connectivity index (χ1n) is 4.96. The third-order valence-corrected chi connectivity index (χ3v) is 2.45. The largest absolute Gasteiger partial charge is 0.435 e. The molecule has 8 heteroatoms. The Balaban J connectivity index is 3.13. The van der Waals surface area contributed by atoms with Crippen LogP contribution in [0.2, 0.25) is 0 Å². The molecule has 2 nitrogen and oxygen atoms in total. The minimum Gasteiger partial charge on any atom is -0.435 e. The van der Waals surface area contributed by atoms with E-state index in [0.29, 0.717) is 12.1 Å². The molecular formula is C11H8ClF5O2. The van der Waals surface area contributed by atoms with Crippen molar-refractivity contribution in [3.63, 3.8) is 0 Å². The molecule has 0 aliphatic heterocycles. The number of alkyl halides is 6. The Bertz CT molecular complexity index is 459. The number of hydrogen-bond donors (Lipinski definition) is 0. The van der Waals surface area contributed by atoms with Crippen LogP contribution in [-0.2, 0) is 17.4 Å². The van der Waals surface area contributed by atoms with E-state index in [1.54, 1.807) is 0 Å². The Labute approximate surface area is 110 Å². The number of hydrogen-bond acceptors (Lipinski definition) is 2. The zero-order valence-corrected chi connectivity index (χ0v) is 10.1. The average molecular weight is 303 g/mol. The van der Waals surface area contributed by atoms with E-state index >= 15 is 0 Å². The summed E-state index contributed by atoms with van der Waals surface area (Å²) in [7, 11) is 0. The molecule has 0 unspecified atom stereocenters. The van der Waals surface area contributed by atoms with Crippen molar-refractivity contribution in [1.82, 2.24) is 0 Å². The molecule has 0 atom stereocenters. The maximum atomic E-state index is 12.4. The summed E-state index contributed by atoms with van der Waals surface area (Å²) in [6.45, 7) is -3.28. The Hall–Kier alpha value is -1.37. The molecule has 0 saturated heterocycles. The highest BCUT2D eigenvalue weighted by molar-refractivity contribution is 6.27. The van der Waals surface area contributed by atoms with Gasteiger partial charge in [0.25, 0.3) is 0 Å². The van der Waals surface area contributed by atoms with Gasteiger partial charge in [-0.3, -0.25) is 4.79 Å². The first-order chi connectivity index (χ1) is 8.74. The topological polar surface area (TPSA) is 26.3 Å². The van der Waals surface area contributed by atoms with Gasteiger partial charge in [0, 0.05) is 12.0 Å². The predicted molar refractivity (Wildman–Crippen MR) is 57.5 cm³/mol. The van der Waals surface area contributed by atoms with Gasteiger partial charge in [-0.25, -0.2) is 0 Å². The smallest absolute Gasteiger partial charge is 0.416 e. The van der Waals surface area contributed by atoms with Gasteiger partial charge in [0.2, 0.25) is 0 Å². The zero-order valence-electron chi connectivity index (χ0n) is 9.31. The van der Waals surface area contributed by atoms with E-state index in [1.165, 1.54) is 0 Å². The molecule has 1 aromatic rings. The fourth-order valence-electron chi connectivity index (χ4n) is 1.34. The lowest BCUT2D eigenvalue weighted by Crippen LogP contribution is -2.11. The van der Waals surface area contributed by atoms with Crippen LogP contribution >= 0.6 is 11.6 Å². The van der Waals surface area contributed by atoms with Gasteiger partial charge in [0.1, 0.15) is 5.75 Å².